The van der Waals surface area contributed by atoms with E-state index in [0.29, 0.717) is 18.9 Å². The van der Waals surface area contributed by atoms with Crippen LogP contribution in [-0.4, -0.2) is 31.2 Å². The molecule has 0 fully saturated rings. The van der Waals surface area contributed by atoms with Gasteiger partial charge in [0.05, 0.1) is 19.4 Å². The third-order valence-corrected chi connectivity index (χ3v) is 5.11. The van der Waals surface area contributed by atoms with Gasteiger partial charge in [0.1, 0.15) is 17.6 Å². The molecule has 6 nitrogen and oxygen atoms in total. The number of nitrogens with one attached hydrogen (secondary N) is 1. The number of esters is 1. The van der Waals surface area contributed by atoms with Gasteiger partial charge in [-0.1, -0.05) is 31.9 Å². The van der Waals surface area contributed by atoms with Gasteiger partial charge in [0.25, 0.3) is 0 Å². The number of oxazole rings is 1. The fourth-order valence-electron chi connectivity index (χ4n) is 3.47. The number of carbonyl (C=O) groups excluding carboxylic acids is 1. The molecule has 29 heavy (non-hydrogen) atoms. The molecule has 1 aromatic carbocycles. The maximum atomic E-state index is 12.0. The molecule has 6 heteroatoms. The van der Waals surface area contributed by atoms with Crippen molar-refractivity contribution >= 4 is 12.0 Å². The van der Waals surface area contributed by atoms with Gasteiger partial charge in [0.2, 0.25) is 5.89 Å². The maximum Gasteiger partial charge on any atom is 0.327 e. The highest BCUT2D eigenvalue weighted by molar-refractivity contribution is 5.78. The van der Waals surface area contributed by atoms with Crippen molar-refractivity contribution in [2.24, 2.45) is 0 Å². The lowest BCUT2D eigenvalue weighted by molar-refractivity contribution is -0.143. The van der Waals surface area contributed by atoms with E-state index >= 15 is 0 Å². The van der Waals surface area contributed by atoms with Gasteiger partial charge in [-0.15, -0.1) is 0 Å². The van der Waals surface area contributed by atoms with Crippen molar-refractivity contribution in [1.82, 2.24) is 10.3 Å². The molecule has 1 N–H and O–H groups in total. The number of hydrogen-bond acceptors (Lipinski definition) is 6. The second-order valence-corrected chi connectivity index (χ2v) is 7.22. The van der Waals surface area contributed by atoms with Crippen molar-refractivity contribution in [2.45, 2.75) is 52.0 Å². The summed E-state index contributed by atoms with van der Waals surface area (Å²) in [5.74, 6) is 1.93. The summed E-state index contributed by atoms with van der Waals surface area (Å²) >= 11 is 0. The molecule has 1 atom stereocenters. The van der Waals surface area contributed by atoms with E-state index in [-0.39, 0.29) is 5.97 Å². The van der Waals surface area contributed by atoms with Crippen LogP contribution in [0.2, 0.25) is 0 Å². The molecule has 156 valence electrons. The third kappa shape index (κ3) is 5.48. The first-order chi connectivity index (χ1) is 14.1. The number of hydrogen-bond donors (Lipinski definition) is 1. The summed E-state index contributed by atoms with van der Waals surface area (Å²) in [6.45, 7) is 5.35. The Morgan fingerprint density at radius 2 is 2.28 bits per heavy atom. The molecule has 0 radical (unpaired) electrons. The number of unbranched alkanes of at least 4 members (excludes halogenated alkanes) is 2. The van der Waals surface area contributed by atoms with Gasteiger partial charge < -0.3 is 19.2 Å². The Kier molecular flexibility index (Phi) is 7.47. The molecule has 0 bridgehead atoms. The highest BCUT2D eigenvalue weighted by Crippen LogP contribution is 2.28. The summed E-state index contributed by atoms with van der Waals surface area (Å²) in [7, 11) is 1.41. The summed E-state index contributed by atoms with van der Waals surface area (Å²) in [5, 5.41) is 3.21. The van der Waals surface area contributed by atoms with E-state index in [1.165, 1.54) is 20.0 Å². The smallest absolute Gasteiger partial charge is 0.327 e. The fourth-order valence-corrected chi connectivity index (χ4v) is 3.47. The molecule has 3 rings (SSSR count). The van der Waals surface area contributed by atoms with E-state index in [4.69, 9.17) is 13.9 Å². The molecule has 1 aliphatic rings. The average molecular weight is 399 g/mol. The van der Waals surface area contributed by atoms with Crippen LogP contribution in [0.3, 0.4) is 0 Å². The number of aromatic nitrogens is 1. The number of benzene rings is 1. The van der Waals surface area contributed by atoms with E-state index in [1.807, 2.05) is 31.2 Å². The van der Waals surface area contributed by atoms with Gasteiger partial charge in [-0.3, -0.25) is 0 Å². The van der Waals surface area contributed by atoms with Crippen LogP contribution >= 0.6 is 0 Å². The van der Waals surface area contributed by atoms with Crippen molar-refractivity contribution in [3.63, 3.8) is 0 Å². The summed E-state index contributed by atoms with van der Waals surface area (Å²) in [6, 6.07) is 5.48. The van der Waals surface area contributed by atoms with E-state index in [1.54, 1.807) is 0 Å². The van der Waals surface area contributed by atoms with Gasteiger partial charge in [-0.25, -0.2) is 9.78 Å². The number of rotatable bonds is 9. The number of carbonyl (C=O) groups is 1. The van der Waals surface area contributed by atoms with Crippen molar-refractivity contribution in [3.8, 4) is 5.75 Å². The Morgan fingerprint density at radius 1 is 1.41 bits per heavy atom. The zero-order valence-electron chi connectivity index (χ0n) is 17.5. The Labute approximate surface area is 172 Å². The normalized spacial score (nSPS) is 16.0. The van der Waals surface area contributed by atoms with Crippen LogP contribution in [0.1, 0.15) is 60.7 Å². The fraction of sp³-hybridized carbons (Fsp3) is 0.478. The monoisotopic (exact) mass is 398 g/mol. The predicted octanol–water partition coefficient (Wildman–Crippen LogP) is 4.17. The van der Waals surface area contributed by atoms with E-state index in [0.717, 1.165) is 47.7 Å². The lowest BCUT2D eigenvalue weighted by Crippen LogP contribution is -2.35. The second kappa shape index (κ2) is 10.3. The Morgan fingerprint density at radius 3 is 3.07 bits per heavy atom. The minimum absolute atomic E-state index is 0.277. The Balaban J connectivity index is 1.59. The molecule has 0 aliphatic carbocycles. The third-order valence-electron chi connectivity index (χ3n) is 5.11. The maximum absolute atomic E-state index is 12.0. The number of allylic oxidation sites excluding steroid dienone is 1. The van der Waals surface area contributed by atoms with Crippen LogP contribution in [0.15, 0.2) is 28.7 Å². The second-order valence-electron chi connectivity index (χ2n) is 7.22. The first kappa shape index (κ1) is 21.1. The van der Waals surface area contributed by atoms with Crippen molar-refractivity contribution < 1.29 is 18.7 Å². The van der Waals surface area contributed by atoms with Gasteiger partial charge in [-0.05, 0) is 49.1 Å². The quantitative estimate of drug-likeness (QED) is 0.505. The largest absolute Gasteiger partial charge is 0.493 e. The molecule has 0 saturated heterocycles. The molecule has 2 heterocycles. The lowest BCUT2D eigenvalue weighted by atomic mass is 9.94. The highest BCUT2D eigenvalue weighted by Gasteiger charge is 2.27. The molecule has 2 aromatic rings. The summed E-state index contributed by atoms with van der Waals surface area (Å²) < 4.78 is 16.6. The van der Waals surface area contributed by atoms with Crippen LogP contribution in [0.25, 0.3) is 6.08 Å². The molecule has 0 spiro atoms. The molecule has 1 unspecified atom stereocenters. The SMILES string of the molecule is CCCC/C=C/c1nc(CCOc2ccc3c(c2)C(C(=O)OC)NCC3)c(C)o1. The molecule has 1 aromatic heterocycles. The predicted molar refractivity (Wildman–Crippen MR) is 112 cm³/mol. The zero-order valence-corrected chi connectivity index (χ0v) is 17.5. The lowest BCUT2D eigenvalue weighted by Gasteiger charge is -2.25. The first-order valence-electron chi connectivity index (χ1n) is 10.3. The first-order valence-corrected chi connectivity index (χ1v) is 10.3. The Bertz CT molecular complexity index is 857. The number of aryl methyl sites for hydroxylation is 1. The van der Waals surface area contributed by atoms with E-state index in [2.05, 4.69) is 23.3 Å². The standard InChI is InChI=1S/C23H30N2O4/c1-4-5-6-7-8-21-25-20(16(2)29-21)12-14-28-18-10-9-17-11-13-24-22(19(17)15-18)23(26)27-3/h7-10,15,22,24H,4-6,11-14H2,1-3H3/b8-7+. The van der Waals surface area contributed by atoms with E-state index < -0.39 is 6.04 Å². The average Bonchev–Trinajstić information content (AvgIpc) is 3.09. The zero-order chi connectivity index (χ0) is 20.6. The van der Waals surface area contributed by atoms with E-state index in [9.17, 15) is 4.79 Å². The molecular formula is C23H30N2O4. The van der Waals surface area contributed by atoms with Crippen LogP contribution in [0.5, 0.6) is 5.75 Å². The summed E-state index contributed by atoms with van der Waals surface area (Å²) in [6.07, 6.45) is 8.98. The van der Waals surface area contributed by atoms with Gasteiger partial charge >= 0.3 is 5.97 Å². The number of methoxy groups -OCH3 is 1. The van der Waals surface area contributed by atoms with Crippen LogP contribution in [0.4, 0.5) is 0 Å². The summed E-state index contributed by atoms with van der Waals surface area (Å²) in [4.78, 5) is 16.6. The topological polar surface area (TPSA) is 73.6 Å². The van der Waals surface area contributed by atoms with Crippen LogP contribution in [0, 0.1) is 6.92 Å². The van der Waals surface area contributed by atoms with Crippen LogP contribution in [-0.2, 0) is 22.4 Å². The molecule has 1 aliphatic heterocycles. The highest BCUT2D eigenvalue weighted by atomic mass is 16.5. The number of fused-ring (bicyclic) bond motifs is 1. The van der Waals surface area contributed by atoms with Crippen molar-refractivity contribution in [2.75, 3.05) is 20.3 Å². The molecule has 0 amide bonds. The van der Waals surface area contributed by atoms with Crippen LogP contribution < -0.4 is 10.1 Å². The summed E-state index contributed by atoms with van der Waals surface area (Å²) in [5.41, 5.74) is 2.99. The minimum Gasteiger partial charge on any atom is -0.493 e. The van der Waals surface area contributed by atoms with Gasteiger partial charge in [0, 0.05) is 13.0 Å². The van der Waals surface area contributed by atoms with Gasteiger partial charge in [-0.2, -0.15) is 0 Å². The van der Waals surface area contributed by atoms with Gasteiger partial charge in [0.15, 0.2) is 0 Å². The minimum atomic E-state index is -0.438. The van der Waals surface area contributed by atoms with Crippen molar-refractivity contribution in [1.29, 1.82) is 0 Å². The molecular weight excluding hydrogens is 368 g/mol. The number of ether oxygens (including phenoxy) is 2. The Hall–Kier alpha value is -2.60. The molecule has 0 saturated carbocycles. The number of nitrogens with zero attached hydrogens (tertiary/aromatic N) is 1. The van der Waals surface area contributed by atoms with Crippen molar-refractivity contribution in [3.05, 3.63) is 52.7 Å².